The van der Waals surface area contributed by atoms with Gasteiger partial charge in [0.2, 0.25) is 5.91 Å². The van der Waals surface area contributed by atoms with Crippen molar-refractivity contribution in [2.45, 2.75) is 25.5 Å². The van der Waals surface area contributed by atoms with Crippen molar-refractivity contribution in [1.82, 2.24) is 5.32 Å². The first-order valence-corrected chi connectivity index (χ1v) is 8.53. The molecule has 0 saturated carbocycles. The number of carbonyl (C=O) groups excluding carboxylic acids is 1. The van der Waals surface area contributed by atoms with E-state index in [1.807, 2.05) is 42.6 Å². The molecule has 1 aromatic heterocycles. The molecule has 3 rings (SSSR count). The average Bonchev–Trinajstić information content (AvgIpc) is 3.08. The smallest absolute Gasteiger partial charge is 0.239 e. The van der Waals surface area contributed by atoms with Gasteiger partial charge in [-0.25, -0.2) is 0 Å². The highest BCUT2D eigenvalue weighted by Gasteiger charge is 2.22. The van der Waals surface area contributed by atoms with Crippen LogP contribution in [0.15, 0.2) is 35.7 Å². The third-order valence-corrected chi connectivity index (χ3v) is 4.88. The van der Waals surface area contributed by atoms with Crippen molar-refractivity contribution in [3.8, 4) is 5.75 Å². The Hall–Kier alpha value is -2.05. The van der Waals surface area contributed by atoms with Crippen LogP contribution in [0.2, 0.25) is 0 Å². The van der Waals surface area contributed by atoms with E-state index in [1.165, 1.54) is 0 Å². The summed E-state index contributed by atoms with van der Waals surface area (Å²) in [7, 11) is 0. The molecular weight excluding hydrogens is 312 g/mol. The summed E-state index contributed by atoms with van der Waals surface area (Å²) in [5.74, 6) is 0.560. The zero-order valence-electron chi connectivity index (χ0n) is 12.9. The summed E-state index contributed by atoms with van der Waals surface area (Å²) in [6.45, 7) is 2.60. The lowest BCUT2D eigenvalue weighted by Gasteiger charge is -2.24. The first-order chi connectivity index (χ1) is 11.1. The van der Waals surface area contributed by atoms with Crippen LogP contribution in [0.4, 0.5) is 5.69 Å². The third kappa shape index (κ3) is 3.65. The highest BCUT2D eigenvalue weighted by atomic mass is 32.1. The van der Waals surface area contributed by atoms with E-state index >= 15 is 0 Å². The predicted octanol–water partition coefficient (Wildman–Crippen LogP) is 2.85. The van der Waals surface area contributed by atoms with E-state index in [0.29, 0.717) is 18.8 Å². The second kappa shape index (κ2) is 7.02. The molecule has 0 spiro atoms. The Balaban J connectivity index is 1.60. The minimum Gasteiger partial charge on any atom is -0.491 e. The van der Waals surface area contributed by atoms with Crippen molar-refractivity contribution in [2.75, 3.05) is 18.5 Å². The van der Waals surface area contributed by atoms with E-state index < -0.39 is 6.10 Å². The summed E-state index contributed by atoms with van der Waals surface area (Å²) in [4.78, 5) is 13.2. The van der Waals surface area contributed by atoms with Crippen LogP contribution in [0.3, 0.4) is 0 Å². The molecule has 0 aliphatic carbocycles. The molecule has 0 bridgehead atoms. The van der Waals surface area contributed by atoms with Gasteiger partial charge in [-0.3, -0.25) is 4.79 Å². The number of hydrogen-bond donors (Lipinski definition) is 3. The molecule has 1 aliphatic rings. The Kier molecular flexibility index (Phi) is 4.83. The van der Waals surface area contributed by atoms with E-state index in [9.17, 15) is 9.90 Å². The van der Waals surface area contributed by atoms with Crippen LogP contribution in [0.1, 0.15) is 35.9 Å². The molecule has 0 radical (unpaired) electrons. The Bertz CT molecular complexity index is 672. The maximum absolute atomic E-state index is 12.1. The van der Waals surface area contributed by atoms with Crippen molar-refractivity contribution in [2.24, 2.45) is 0 Å². The molecule has 23 heavy (non-hydrogen) atoms. The van der Waals surface area contributed by atoms with Crippen LogP contribution < -0.4 is 15.4 Å². The zero-order valence-corrected chi connectivity index (χ0v) is 13.7. The number of nitrogens with one attached hydrogen (secondary N) is 2. The van der Waals surface area contributed by atoms with Gasteiger partial charge < -0.3 is 20.5 Å². The Labute approximate surface area is 139 Å². The molecule has 3 N–H and O–H groups in total. The molecular formula is C17H20N2O3S. The normalized spacial score (nSPS) is 17.7. The lowest BCUT2D eigenvalue weighted by molar-refractivity contribution is -0.120. The van der Waals surface area contributed by atoms with Gasteiger partial charge in [0.15, 0.2) is 0 Å². The van der Waals surface area contributed by atoms with E-state index in [-0.39, 0.29) is 18.5 Å². The fraction of sp³-hybridized carbons (Fsp3) is 0.353. The monoisotopic (exact) mass is 332 g/mol. The van der Waals surface area contributed by atoms with Gasteiger partial charge >= 0.3 is 0 Å². The number of benzene rings is 1. The van der Waals surface area contributed by atoms with Crippen LogP contribution in [-0.4, -0.2) is 24.2 Å². The molecule has 2 aromatic rings. The fourth-order valence-electron chi connectivity index (χ4n) is 2.62. The van der Waals surface area contributed by atoms with E-state index in [2.05, 4.69) is 10.6 Å². The van der Waals surface area contributed by atoms with Gasteiger partial charge in [-0.05, 0) is 24.4 Å². The highest BCUT2D eigenvalue weighted by Crippen LogP contribution is 2.37. The van der Waals surface area contributed by atoms with Crippen LogP contribution in [0, 0.1) is 0 Å². The predicted molar refractivity (Wildman–Crippen MR) is 90.9 cm³/mol. The Morgan fingerprint density at radius 2 is 2.30 bits per heavy atom. The lowest BCUT2D eigenvalue weighted by atomic mass is 10.0. The summed E-state index contributed by atoms with van der Waals surface area (Å²) in [6.07, 6.45) is 0.0862. The van der Waals surface area contributed by atoms with Gasteiger partial charge in [-0.15, -0.1) is 11.3 Å². The zero-order chi connectivity index (χ0) is 16.2. The maximum Gasteiger partial charge on any atom is 0.239 e. The maximum atomic E-state index is 12.1. The molecule has 5 nitrogen and oxygen atoms in total. The summed E-state index contributed by atoms with van der Waals surface area (Å²) >= 11 is 1.62. The minimum absolute atomic E-state index is 0.00735. The highest BCUT2D eigenvalue weighted by molar-refractivity contribution is 7.10. The van der Waals surface area contributed by atoms with Crippen LogP contribution in [-0.2, 0) is 4.79 Å². The van der Waals surface area contributed by atoms with Gasteiger partial charge in [0.25, 0.3) is 0 Å². The Morgan fingerprint density at radius 1 is 1.43 bits per heavy atom. The summed E-state index contributed by atoms with van der Waals surface area (Å²) in [5.41, 5.74) is 1.51. The first-order valence-electron chi connectivity index (χ1n) is 7.65. The molecule has 1 aromatic carbocycles. The van der Waals surface area contributed by atoms with Crippen LogP contribution in [0.25, 0.3) is 0 Å². The average molecular weight is 332 g/mol. The minimum atomic E-state index is -0.506. The largest absolute Gasteiger partial charge is 0.491 e. The number of fused-ring (bicyclic) bond motifs is 1. The molecule has 2 heterocycles. The molecule has 0 saturated heterocycles. The number of para-hydroxylation sites is 1. The number of carbonyl (C=O) groups is 1. The number of amides is 1. The number of thiophene rings is 1. The molecule has 1 amide bonds. The van der Waals surface area contributed by atoms with E-state index in [4.69, 9.17) is 4.74 Å². The molecule has 6 heteroatoms. The summed E-state index contributed by atoms with van der Waals surface area (Å²) in [6, 6.07) is 9.53. The molecule has 0 fully saturated rings. The van der Waals surface area contributed by atoms with Gasteiger partial charge in [0.1, 0.15) is 5.75 Å². The second-order valence-electron chi connectivity index (χ2n) is 5.54. The van der Waals surface area contributed by atoms with E-state index in [1.54, 1.807) is 11.3 Å². The van der Waals surface area contributed by atoms with Crippen molar-refractivity contribution >= 4 is 22.9 Å². The van der Waals surface area contributed by atoms with Crippen LogP contribution >= 0.6 is 11.3 Å². The van der Waals surface area contributed by atoms with Crippen molar-refractivity contribution in [3.05, 3.63) is 46.2 Å². The lowest BCUT2D eigenvalue weighted by Crippen LogP contribution is -2.32. The van der Waals surface area contributed by atoms with Crippen molar-refractivity contribution < 1.29 is 14.6 Å². The van der Waals surface area contributed by atoms with Crippen molar-refractivity contribution in [1.29, 1.82) is 0 Å². The molecule has 122 valence electrons. The molecule has 2 atom stereocenters. The molecule has 1 aliphatic heterocycles. The van der Waals surface area contributed by atoms with Crippen molar-refractivity contribution in [3.63, 3.8) is 0 Å². The summed E-state index contributed by atoms with van der Waals surface area (Å²) < 4.78 is 5.64. The van der Waals surface area contributed by atoms with Gasteiger partial charge in [-0.2, -0.15) is 0 Å². The third-order valence-electron chi connectivity index (χ3n) is 3.83. The standard InChI is InChI=1S/C17H20N2O3S/c1-11(15-6-3-9-23-15)19-16(21)10-18-13-5-2-4-12-14(20)7-8-22-17(12)13/h2-6,9,11,14,18,20H,7-8,10H2,1H3,(H,19,21)/t11-,14-/m0/s1. The SMILES string of the molecule is C[C@H](NC(=O)CNc1cccc2c1OCC[C@@H]2O)c1cccs1. The van der Waals surface area contributed by atoms with Gasteiger partial charge in [0, 0.05) is 16.9 Å². The number of ether oxygens (including phenoxy) is 1. The first kappa shape index (κ1) is 15.8. The van der Waals surface area contributed by atoms with Crippen LogP contribution in [0.5, 0.6) is 5.75 Å². The topological polar surface area (TPSA) is 70.6 Å². The summed E-state index contributed by atoms with van der Waals surface area (Å²) in [5, 5.41) is 18.1. The van der Waals surface area contributed by atoms with E-state index in [0.717, 1.165) is 16.1 Å². The number of rotatable bonds is 5. The number of hydrogen-bond acceptors (Lipinski definition) is 5. The number of aliphatic hydroxyl groups is 1. The van der Waals surface area contributed by atoms with Gasteiger partial charge in [-0.1, -0.05) is 18.2 Å². The van der Waals surface area contributed by atoms with Gasteiger partial charge in [0.05, 0.1) is 31.0 Å². The second-order valence-corrected chi connectivity index (χ2v) is 6.51. The fourth-order valence-corrected chi connectivity index (χ4v) is 3.36. The molecule has 0 unspecified atom stereocenters. The number of aliphatic hydroxyl groups excluding tert-OH is 1. The number of anilines is 1. The quantitative estimate of drug-likeness (QED) is 0.787. The Morgan fingerprint density at radius 3 is 3.09 bits per heavy atom.